The number of halogens is 1. The first kappa shape index (κ1) is 13.6. The van der Waals surface area contributed by atoms with Crippen molar-refractivity contribution in [1.82, 2.24) is 0 Å². The van der Waals surface area contributed by atoms with Crippen LogP contribution < -0.4 is 10.5 Å². The fourth-order valence-corrected chi connectivity index (χ4v) is 2.19. The highest BCUT2D eigenvalue weighted by molar-refractivity contribution is 9.10. The minimum absolute atomic E-state index is 0.0827. The molecule has 4 heteroatoms. The van der Waals surface area contributed by atoms with Crippen molar-refractivity contribution in [2.24, 2.45) is 0 Å². The summed E-state index contributed by atoms with van der Waals surface area (Å²) in [6, 6.07) is 12.3. The fourth-order valence-electron chi connectivity index (χ4n) is 1.77. The largest absolute Gasteiger partial charge is 0.494 e. The number of hydrogen-bond donors (Lipinski definition) is 1. The summed E-state index contributed by atoms with van der Waals surface area (Å²) in [5.74, 6) is 0.606. The molecule has 0 unspecified atom stereocenters. The highest BCUT2D eigenvalue weighted by atomic mass is 79.9. The Labute approximate surface area is 120 Å². The number of ether oxygens (including phenoxy) is 1. The van der Waals surface area contributed by atoms with Crippen LogP contribution >= 0.6 is 15.9 Å². The molecule has 0 saturated heterocycles. The number of rotatable bonds is 4. The zero-order valence-corrected chi connectivity index (χ0v) is 12.1. The molecular formula is C15H14BrNO2. The van der Waals surface area contributed by atoms with Gasteiger partial charge in [-0.15, -0.1) is 0 Å². The molecule has 0 amide bonds. The van der Waals surface area contributed by atoms with Crippen molar-refractivity contribution in [1.29, 1.82) is 0 Å². The number of nitrogens with two attached hydrogens (primary N) is 1. The average Bonchev–Trinajstić information content (AvgIpc) is 2.41. The van der Waals surface area contributed by atoms with Gasteiger partial charge in [0, 0.05) is 21.3 Å². The number of nitrogen functional groups attached to an aromatic ring is 1. The van der Waals surface area contributed by atoms with Gasteiger partial charge in [-0.2, -0.15) is 0 Å². The topological polar surface area (TPSA) is 52.3 Å². The predicted octanol–water partition coefficient (Wildman–Crippen LogP) is 3.66. The second kappa shape index (κ2) is 5.89. The first-order valence-electron chi connectivity index (χ1n) is 5.94. The third-order valence-corrected chi connectivity index (χ3v) is 3.33. The highest BCUT2D eigenvalue weighted by Crippen LogP contribution is 2.24. The van der Waals surface area contributed by atoms with Gasteiger partial charge in [0.2, 0.25) is 0 Å². The number of carbonyl (C=O) groups excluding carboxylic acids is 1. The maximum atomic E-state index is 12.4. The Hall–Kier alpha value is -1.81. The monoisotopic (exact) mass is 319 g/mol. The van der Waals surface area contributed by atoms with Crippen molar-refractivity contribution in [3.63, 3.8) is 0 Å². The molecule has 0 atom stereocenters. The molecule has 0 saturated carbocycles. The van der Waals surface area contributed by atoms with Gasteiger partial charge in [0.05, 0.1) is 6.61 Å². The van der Waals surface area contributed by atoms with Crippen LogP contribution in [0.15, 0.2) is 46.9 Å². The molecule has 19 heavy (non-hydrogen) atoms. The van der Waals surface area contributed by atoms with Gasteiger partial charge >= 0.3 is 0 Å². The summed E-state index contributed by atoms with van der Waals surface area (Å²) < 4.78 is 6.13. The molecule has 0 aliphatic rings. The molecule has 98 valence electrons. The third-order valence-electron chi connectivity index (χ3n) is 2.64. The number of anilines is 1. The van der Waals surface area contributed by atoms with Crippen molar-refractivity contribution < 1.29 is 9.53 Å². The van der Waals surface area contributed by atoms with E-state index in [4.69, 9.17) is 10.5 Å². The third kappa shape index (κ3) is 3.15. The summed E-state index contributed by atoms with van der Waals surface area (Å²) in [7, 11) is 0. The number of benzene rings is 2. The van der Waals surface area contributed by atoms with Crippen molar-refractivity contribution >= 4 is 27.4 Å². The Kier molecular flexibility index (Phi) is 4.22. The fraction of sp³-hybridized carbons (Fsp3) is 0.133. The lowest BCUT2D eigenvalue weighted by Gasteiger charge is -2.07. The molecule has 0 spiro atoms. The van der Waals surface area contributed by atoms with E-state index >= 15 is 0 Å². The molecule has 2 aromatic carbocycles. The van der Waals surface area contributed by atoms with Crippen LogP contribution in [0.5, 0.6) is 5.75 Å². The standard InChI is InChI=1S/C15H14BrNO2/c1-2-19-12-5-3-4-10(8-12)15(18)13-9-11(17)6-7-14(13)16/h3-9H,2,17H2,1H3. The quantitative estimate of drug-likeness (QED) is 0.691. The maximum Gasteiger partial charge on any atom is 0.194 e. The van der Waals surface area contributed by atoms with E-state index in [-0.39, 0.29) is 5.78 Å². The van der Waals surface area contributed by atoms with Gasteiger partial charge in [-0.1, -0.05) is 28.1 Å². The summed E-state index contributed by atoms with van der Waals surface area (Å²) in [6.45, 7) is 2.47. The Balaban J connectivity index is 2.38. The van der Waals surface area contributed by atoms with Crippen molar-refractivity contribution in [3.8, 4) is 5.75 Å². The lowest BCUT2D eigenvalue weighted by molar-refractivity contribution is 0.103. The van der Waals surface area contributed by atoms with Crippen LogP contribution in [-0.2, 0) is 0 Å². The van der Waals surface area contributed by atoms with Gasteiger partial charge in [0.15, 0.2) is 5.78 Å². The van der Waals surface area contributed by atoms with Gasteiger partial charge in [0.1, 0.15) is 5.75 Å². The molecule has 0 bridgehead atoms. The van der Waals surface area contributed by atoms with E-state index < -0.39 is 0 Å². The molecular weight excluding hydrogens is 306 g/mol. The minimum atomic E-state index is -0.0827. The molecule has 2 rings (SSSR count). The smallest absolute Gasteiger partial charge is 0.194 e. The van der Waals surface area contributed by atoms with Gasteiger partial charge in [0.25, 0.3) is 0 Å². The van der Waals surface area contributed by atoms with Crippen LogP contribution in [0.25, 0.3) is 0 Å². The molecule has 0 heterocycles. The highest BCUT2D eigenvalue weighted by Gasteiger charge is 2.13. The van der Waals surface area contributed by atoms with E-state index in [1.165, 1.54) is 0 Å². The van der Waals surface area contributed by atoms with Crippen molar-refractivity contribution in [2.75, 3.05) is 12.3 Å². The second-order valence-electron chi connectivity index (χ2n) is 4.03. The number of carbonyl (C=O) groups is 1. The van der Waals surface area contributed by atoms with Gasteiger partial charge in [-0.05, 0) is 37.3 Å². The summed E-state index contributed by atoms with van der Waals surface area (Å²) in [6.07, 6.45) is 0. The zero-order valence-electron chi connectivity index (χ0n) is 10.5. The molecule has 2 N–H and O–H groups in total. The molecule has 2 aromatic rings. The SMILES string of the molecule is CCOc1cccc(C(=O)c2cc(N)ccc2Br)c1. The zero-order chi connectivity index (χ0) is 13.8. The Morgan fingerprint density at radius 1 is 1.26 bits per heavy atom. The molecule has 0 aromatic heterocycles. The predicted molar refractivity (Wildman–Crippen MR) is 79.6 cm³/mol. The van der Waals surface area contributed by atoms with E-state index in [2.05, 4.69) is 15.9 Å². The molecule has 0 radical (unpaired) electrons. The van der Waals surface area contributed by atoms with Gasteiger partial charge < -0.3 is 10.5 Å². The van der Waals surface area contributed by atoms with Crippen LogP contribution in [0.2, 0.25) is 0 Å². The molecule has 0 aliphatic heterocycles. The van der Waals surface area contributed by atoms with Crippen LogP contribution in [0.3, 0.4) is 0 Å². The van der Waals surface area contributed by atoms with Crippen molar-refractivity contribution in [3.05, 3.63) is 58.1 Å². The Morgan fingerprint density at radius 3 is 2.79 bits per heavy atom. The van der Waals surface area contributed by atoms with Gasteiger partial charge in [-0.25, -0.2) is 0 Å². The maximum absolute atomic E-state index is 12.4. The minimum Gasteiger partial charge on any atom is -0.494 e. The van der Waals surface area contributed by atoms with Crippen LogP contribution in [0.4, 0.5) is 5.69 Å². The van der Waals surface area contributed by atoms with E-state index in [0.29, 0.717) is 29.2 Å². The van der Waals surface area contributed by atoms with Crippen molar-refractivity contribution in [2.45, 2.75) is 6.92 Å². The first-order chi connectivity index (χ1) is 9.11. The molecule has 3 nitrogen and oxygen atoms in total. The van der Waals surface area contributed by atoms with Crippen LogP contribution in [0.1, 0.15) is 22.8 Å². The first-order valence-corrected chi connectivity index (χ1v) is 6.73. The lowest BCUT2D eigenvalue weighted by Crippen LogP contribution is -2.04. The molecule has 0 aliphatic carbocycles. The number of hydrogen-bond acceptors (Lipinski definition) is 3. The Bertz CT molecular complexity index is 611. The van der Waals surface area contributed by atoms with Crippen LogP contribution in [-0.4, -0.2) is 12.4 Å². The summed E-state index contributed by atoms with van der Waals surface area (Å²) in [4.78, 5) is 12.4. The summed E-state index contributed by atoms with van der Waals surface area (Å²) >= 11 is 3.37. The van der Waals surface area contributed by atoms with E-state index in [9.17, 15) is 4.79 Å². The number of ketones is 1. The van der Waals surface area contributed by atoms with E-state index in [0.717, 1.165) is 4.47 Å². The van der Waals surface area contributed by atoms with Crippen LogP contribution in [0, 0.1) is 0 Å². The van der Waals surface area contributed by atoms with E-state index in [1.54, 1.807) is 36.4 Å². The van der Waals surface area contributed by atoms with Gasteiger partial charge in [-0.3, -0.25) is 4.79 Å². The lowest BCUT2D eigenvalue weighted by atomic mass is 10.0. The normalized spacial score (nSPS) is 10.2. The van der Waals surface area contributed by atoms with E-state index in [1.807, 2.05) is 13.0 Å². The second-order valence-corrected chi connectivity index (χ2v) is 4.88. The summed E-state index contributed by atoms with van der Waals surface area (Å²) in [5.41, 5.74) is 7.42. The Morgan fingerprint density at radius 2 is 2.05 bits per heavy atom. The summed E-state index contributed by atoms with van der Waals surface area (Å²) in [5, 5.41) is 0. The molecule has 0 fully saturated rings. The average molecular weight is 320 g/mol.